The minimum atomic E-state index is -1.02. The number of amides is 2. The number of aromatic carboxylic acids is 1. The predicted octanol–water partition coefficient (Wildman–Crippen LogP) is 1.58. The third-order valence-electron chi connectivity index (χ3n) is 3.33. The van der Waals surface area contributed by atoms with Crippen LogP contribution in [0.15, 0.2) is 5.38 Å². The highest BCUT2D eigenvalue weighted by molar-refractivity contribution is 7.09. The smallest absolute Gasteiger partial charge is 0.355 e. The monoisotopic (exact) mass is 283 g/mol. The molecule has 1 heterocycles. The van der Waals surface area contributed by atoms with Crippen LogP contribution in [-0.4, -0.2) is 46.6 Å². The molecular weight excluding hydrogens is 266 g/mol. The Hall–Kier alpha value is -1.63. The Morgan fingerprint density at radius 1 is 1.58 bits per heavy atom. The molecule has 104 valence electrons. The molecule has 0 spiro atoms. The van der Waals surface area contributed by atoms with Crippen LogP contribution in [0.2, 0.25) is 0 Å². The van der Waals surface area contributed by atoms with Crippen molar-refractivity contribution in [1.29, 1.82) is 0 Å². The molecular formula is C12H17N3O3S. The summed E-state index contributed by atoms with van der Waals surface area (Å²) in [6, 6.07) is 0.304. The van der Waals surface area contributed by atoms with E-state index >= 15 is 0 Å². The first kappa shape index (κ1) is 13.8. The molecule has 0 saturated heterocycles. The number of carbonyl (C=O) groups excluding carboxylic acids is 1. The molecule has 6 nitrogen and oxygen atoms in total. The largest absolute Gasteiger partial charge is 0.476 e. The van der Waals surface area contributed by atoms with Gasteiger partial charge in [0.15, 0.2) is 5.69 Å². The minimum Gasteiger partial charge on any atom is -0.476 e. The van der Waals surface area contributed by atoms with Gasteiger partial charge in [-0.3, -0.25) is 0 Å². The Kier molecular flexibility index (Phi) is 4.36. The minimum absolute atomic E-state index is 0.0675. The van der Waals surface area contributed by atoms with Crippen molar-refractivity contribution < 1.29 is 14.7 Å². The summed E-state index contributed by atoms with van der Waals surface area (Å²) >= 11 is 1.30. The van der Waals surface area contributed by atoms with Gasteiger partial charge >= 0.3 is 12.0 Å². The average molecular weight is 283 g/mol. The Bertz CT molecular complexity index is 471. The number of thiazole rings is 1. The van der Waals surface area contributed by atoms with E-state index in [4.69, 9.17) is 5.11 Å². The summed E-state index contributed by atoms with van der Waals surface area (Å²) < 4.78 is 0. The lowest BCUT2D eigenvalue weighted by Crippen LogP contribution is -2.46. The lowest BCUT2D eigenvalue weighted by atomic mass is 9.92. The van der Waals surface area contributed by atoms with Gasteiger partial charge in [0.25, 0.3) is 0 Å². The highest BCUT2D eigenvalue weighted by Gasteiger charge is 2.25. The van der Waals surface area contributed by atoms with E-state index in [-0.39, 0.29) is 11.7 Å². The standard InChI is InChI=1S/C12H17N3O3S/c1-15(8-3-2-4-8)12(18)13-6-5-10-14-9(7-19-10)11(16)17/h7-8H,2-6H2,1H3,(H,13,18)(H,16,17). The van der Waals surface area contributed by atoms with Gasteiger partial charge < -0.3 is 15.3 Å². The van der Waals surface area contributed by atoms with Gasteiger partial charge in [0.1, 0.15) is 0 Å². The van der Waals surface area contributed by atoms with E-state index < -0.39 is 5.97 Å². The third kappa shape index (κ3) is 3.44. The summed E-state index contributed by atoms with van der Waals surface area (Å²) in [5, 5.41) is 13.8. The molecule has 7 heteroatoms. The second-order valence-electron chi connectivity index (χ2n) is 4.61. The summed E-state index contributed by atoms with van der Waals surface area (Å²) in [5.74, 6) is -1.02. The van der Waals surface area contributed by atoms with Crippen LogP contribution < -0.4 is 5.32 Å². The number of aromatic nitrogens is 1. The molecule has 0 bridgehead atoms. The maximum absolute atomic E-state index is 11.8. The zero-order chi connectivity index (χ0) is 13.8. The number of hydrogen-bond acceptors (Lipinski definition) is 4. The summed E-state index contributed by atoms with van der Waals surface area (Å²) in [6.45, 7) is 0.475. The highest BCUT2D eigenvalue weighted by atomic mass is 32.1. The Morgan fingerprint density at radius 3 is 2.84 bits per heavy atom. The van der Waals surface area contributed by atoms with Crippen LogP contribution in [0.3, 0.4) is 0 Å². The molecule has 1 saturated carbocycles. The van der Waals surface area contributed by atoms with Crippen LogP contribution in [-0.2, 0) is 6.42 Å². The number of nitrogens with zero attached hydrogens (tertiary/aromatic N) is 2. The third-order valence-corrected chi connectivity index (χ3v) is 4.24. The van der Waals surface area contributed by atoms with Crippen LogP contribution in [0, 0.1) is 0 Å². The maximum Gasteiger partial charge on any atom is 0.355 e. The number of nitrogens with one attached hydrogen (secondary N) is 1. The van der Waals surface area contributed by atoms with E-state index in [2.05, 4.69) is 10.3 Å². The number of carboxylic acids is 1. The summed E-state index contributed by atoms with van der Waals surface area (Å²) in [5.41, 5.74) is 0.0675. The molecule has 1 aliphatic rings. The maximum atomic E-state index is 11.8. The zero-order valence-electron chi connectivity index (χ0n) is 10.8. The number of rotatable bonds is 5. The van der Waals surface area contributed by atoms with Crippen LogP contribution >= 0.6 is 11.3 Å². The quantitative estimate of drug-likeness (QED) is 0.859. The Balaban J connectivity index is 1.73. The van der Waals surface area contributed by atoms with Crippen molar-refractivity contribution in [1.82, 2.24) is 15.2 Å². The first-order chi connectivity index (χ1) is 9.08. The van der Waals surface area contributed by atoms with Crippen molar-refractivity contribution in [3.8, 4) is 0 Å². The van der Waals surface area contributed by atoms with Gasteiger partial charge in [-0.15, -0.1) is 11.3 Å². The van der Waals surface area contributed by atoms with Crippen molar-refractivity contribution in [3.05, 3.63) is 16.1 Å². The fourth-order valence-corrected chi connectivity index (χ4v) is 2.64. The molecule has 2 N–H and O–H groups in total. The molecule has 0 atom stereocenters. The number of carboxylic acid groups (broad SMARTS) is 1. The number of urea groups is 1. The van der Waals surface area contributed by atoms with E-state index in [9.17, 15) is 9.59 Å². The first-order valence-electron chi connectivity index (χ1n) is 6.26. The predicted molar refractivity (Wildman–Crippen MR) is 71.6 cm³/mol. The van der Waals surface area contributed by atoms with Crippen molar-refractivity contribution in [3.63, 3.8) is 0 Å². The molecule has 0 unspecified atom stereocenters. The zero-order valence-corrected chi connectivity index (χ0v) is 11.6. The molecule has 2 rings (SSSR count). The highest BCUT2D eigenvalue weighted by Crippen LogP contribution is 2.23. The van der Waals surface area contributed by atoms with E-state index in [1.165, 1.54) is 23.1 Å². The molecule has 19 heavy (non-hydrogen) atoms. The molecule has 2 amide bonds. The summed E-state index contributed by atoms with van der Waals surface area (Å²) in [4.78, 5) is 28.2. The van der Waals surface area contributed by atoms with Crippen LogP contribution in [0.4, 0.5) is 4.79 Å². The topological polar surface area (TPSA) is 82.5 Å². The Morgan fingerprint density at radius 2 is 2.32 bits per heavy atom. The van der Waals surface area contributed by atoms with E-state index in [1.807, 2.05) is 7.05 Å². The second kappa shape index (κ2) is 6.01. The van der Waals surface area contributed by atoms with Crippen LogP contribution in [0.25, 0.3) is 0 Å². The molecule has 1 fully saturated rings. The molecule has 0 radical (unpaired) electrons. The van der Waals surface area contributed by atoms with Gasteiger partial charge in [0, 0.05) is 31.4 Å². The molecule has 1 aromatic rings. The first-order valence-corrected chi connectivity index (χ1v) is 7.14. The number of hydrogen-bond donors (Lipinski definition) is 2. The fraction of sp³-hybridized carbons (Fsp3) is 0.583. The van der Waals surface area contributed by atoms with Crippen molar-refractivity contribution >= 4 is 23.3 Å². The number of carbonyl (C=O) groups is 2. The molecule has 1 aliphatic carbocycles. The molecule has 0 aliphatic heterocycles. The van der Waals surface area contributed by atoms with Crippen LogP contribution in [0.1, 0.15) is 34.8 Å². The lowest BCUT2D eigenvalue weighted by molar-refractivity contribution is 0.0691. The lowest BCUT2D eigenvalue weighted by Gasteiger charge is -2.34. The van der Waals surface area contributed by atoms with Crippen molar-refractivity contribution in [2.45, 2.75) is 31.7 Å². The summed E-state index contributed by atoms with van der Waals surface area (Å²) in [6.07, 6.45) is 3.91. The van der Waals surface area contributed by atoms with Gasteiger partial charge in [0.05, 0.1) is 5.01 Å². The second-order valence-corrected chi connectivity index (χ2v) is 5.55. The van der Waals surface area contributed by atoms with Crippen molar-refractivity contribution in [2.24, 2.45) is 0 Å². The average Bonchev–Trinajstić information content (AvgIpc) is 2.75. The normalized spacial score (nSPS) is 14.8. The van der Waals surface area contributed by atoms with E-state index in [0.29, 0.717) is 19.0 Å². The van der Waals surface area contributed by atoms with Gasteiger partial charge in [-0.05, 0) is 19.3 Å². The summed E-state index contributed by atoms with van der Waals surface area (Å²) in [7, 11) is 1.81. The molecule has 0 aromatic carbocycles. The van der Waals surface area contributed by atoms with Gasteiger partial charge in [-0.1, -0.05) is 0 Å². The SMILES string of the molecule is CN(C(=O)NCCc1nc(C(=O)O)cs1)C1CCC1. The molecule has 1 aromatic heterocycles. The van der Waals surface area contributed by atoms with Crippen molar-refractivity contribution in [2.75, 3.05) is 13.6 Å². The van der Waals surface area contributed by atoms with Gasteiger partial charge in [-0.2, -0.15) is 0 Å². The van der Waals surface area contributed by atoms with E-state index in [0.717, 1.165) is 17.8 Å². The fourth-order valence-electron chi connectivity index (χ4n) is 1.86. The van der Waals surface area contributed by atoms with E-state index in [1.54, 1.807) is 4.90 Å². The Labute approximate surface area is 115 Å². The van der Waals surface area contributed by atoms with Gasteiger partial charge in [0.2, 0.25) is 0 Å². The van der Waals surface area contributed by atoms with Crippen LogP contribution in [0.5, 0.6) is 0 Å². The van der Waals surface area contributed by atoms with Gasteiger partial charge in [-0.25, -0.2) is 14.6 Å².